The minimum Gasteiger partial charge on any atom is -0.349 e. The number of halogens is 1. The lowest BCUT2D eigenvalue weighted by molar-refractivity contribution is 0.477. The van der Waals surface area contributed by atoms with E-state index in [2.05, 4.69) is 98.6 Å². The van der Waals surface area contributed by atoms with E-state index in [-0.39, 0.29) is 12.1 Å². The van der Waals surface area contributed by atoms with E-state index in [9.17, 15) is 0 Å². The number of anilines is 1. The molecule has 0 amide bonds. The van der Waals surface area contributed by atoms with E-state index in [4.69, 9.17) is 4.98 Å². The summed E-state index contributed by atoms with van der Waals surface area (Å²) in [6.07, 6.45) is 0.980. The van der Waals surface area contributed by atoms with Crippen molar-refractivity contribution in [1.29, 1.82) is 0 Å². The van der Waals surface area contributed by atoms with E-state index >= 15 is 0 Å². The Hall–Kier alpha value is -2.59. The zero-order valence-corrected chi connectivity index (χ0v) is 15.7. The Morgan fingerprint density at radius 1 is 0.885 bits per heavy atom. The van der Waals surface area contributed by atoms with Gasteiger partial charge in [-0.2, -0.15) is 0 Å². The molecule has 1 N–H and O–H groups in total. The minimum atomic E-state index is 0.237. The molecule has 2 atom stereocenters. The molecule has 2 unspecified atom stereocenters. The molecular weight excluding hydrogens is 386 g/mol. The van der Waals surface area contributed by atoms with Gasteiger partial charge in [-0.05, 0) is 41.8 Å². The standard InChI is InChI=1S/C22H18BrN3/c23-17-10-6-9-16(13-17)21-14-19(15-7-2-1-3-8-15)25-22-24-18-11-4-5-12-20(18)26(21)22/h1-13,19,21H,14H2,(H,24,25). The average molecular weight is 404 g/mol. The molecule has 0 aliphatic carbocycles. The number of benzene rings is 3. The SMILES string of the molecule is Brc1cccc(C2CC(c3ccccc3)Nc3nc4ccccc4n32)c1. The predicted molar refractivity (Wildman–Crippen MR) is 109 cm³/mol. The van der Waals surface area contributed by atoms with Crippen LogP contribution in [-0.4, -0.2) is 9.55 Å². The van der Waals surface area contributed by atoms with Crippen LogP contribution in [-0.2, 0) is 0 Å². The third-order valence-electron chi connectivity index (χ3n) is 5.11. The third kappa shape index (κ3) is 2.61. The summed E-state index contributed by atoms with van der Waals surface area (Å²) in [6, 6.07) is 28.1. The molecule has 1 aromatic heterocycles. The van der Waals surface area contributed by atoms with Crippen LogP contribution in [0.1, 0.15) is 29.6 Å². The molecule has 4 heteroatoms. The molecule has 0 bridgehead atoms. The first-order chi connectivity index (χ1) is 12.8. The van der Waals surface area contributed by atoms with Gasteiger partial charge in [-0.25, -0.2) is 4.98 Å². The maximum atomic E-state index is 4.87. The van der Waals surface area contributed by atoms with Gasteiger partial charge >= 0.3 is 0 Å². The van der Waals surface area contributed by atoms with Crippen LogP contribution in [0.15, 0.2) is 83.3 Å². The molecule has 0 saturated heterocycles. The van der Waals surface area contributed by atoms with Gasteiger partial charge in [-0.1, -0.05) is 70.5 Å². The van der Waals surface area contributed by atoms with Gasteiger partial charge in [0.1, 0.15) is 0 Å². The molecule has 2 heterocycles. The number of hydrogen-bond donors (Lipinski definition) is 1. The van der Waals surface area contributed by atoms with Crippen molar-refractivity contribution in [3.8, 4) is 0 Å². The second-order valence-electron chi connectivity index (χ2n) is 6.71. The quantitative estimate of drug-likeness (QED) is 0.448. The number of hydrogen-bond acceptors (Lipinski definition) is 2. The molecule has 0 saturated carbocycles. The van der Waals surface area contributed by atoms with Crippen LogP contribution in [0.2, 0.25) is 0 Å². The number of para-hydroxylation sites is 2. The molecule has 0 fully saturated rings. The smallest absolute Gasteiger partial charge is 0.204 e. The zero-order chi connectivity index (χ0) is 17.5. The summed E-state index contributed by atoms with van der Waals surface area (Å²) in [5.74, 6) is 0.941. The highest BCUT2D eigenvalue weighted by atomic mass is 79.9. The summed E-state index contributed by atoms with van der Waals surface area (Å²) in [5.41, 5.74) is 4.80. The van der Waals surface area contributed by atoms with Crippen LogP contribution in [0.25, 0.3) is 11.0 Å². The molecule has 26 heavy (non-hydrogen) atoms. The highest BCUT2D eigenvalue weighted by molar-refractivity contribution is 9.10. The lowest BCUT2D eigenvalue weighted by Gasteiger charge is -2.33. The second kappa shape index (κ2) is 6.29. The molecule has 1 aliphatic heterocycles. The molecule has 3 aromatic carbocycles. The Labute approximate surface area is 160 Å². The first-order valence-corrected chi connectivity index (χ1v) is 9.63. The topological polar surface area (TPSA) is 29.9 Å². The van der Waals surface area contributed by atoms with E-state index in [1.54, 1.807) is 0 Å². The van der Waals surface area contributed by atoms with Crippen LogP contribution >= 0.6 is 15.9 Å². The molecule has 0 radical (unpaired) electrons. The largest absolute Gasteiger partial charge is 0.349 e. The van der Waals surface area contributed by atoms with Crippen LogP contribution in [0.5, 0.6) is 0 Å². The second-order valence-corrected chi connectivity index (χ2v) is 7.62. The van der Waals surface area contributed by atoms with Crippen molar-refractivity contribution in [1.82, 2.24) is 9.55 Å². The van der Waals surface area contributed by atoms with Gasteiger partial charge < -0.3 is 9.88 Å². The van der Waals surface area contributed by atoms with Crippen molar-refractivity contribution in [2.24, 2.45) is 0 Å². The van der Waals surface area contributed by atoms with Gasteiger partial charge in [0.25, 0.3) is 0 Å². The molecular formula is C22H18BrN3. The highest BCUT2D eigenvalue weighted by Gasteiger charge is 2.30. The fourth-order valence-electron chi connectivity index (χ4n) is 3.91. The summed E-state index contributed by atoms with van der Waals surface area (Å²) in [5, 5.41) is 3.66. The predicted octanol–water partition coefficient (Wildman–Crippen LogP) is 5.95. The third-order valence-corrected chi connectivity index (χ3v) is 5.60. The van der Waals surface area contributed by atoms with Crippen LogP contribution in [0.3, 0.4) is 0 Å². The van der Waals surface area contributed by atoms with Crippen molar-refractivity contribution in [3.05, 3.63) is 94.5 Å². The zero-order valence-electron chi connectivity index (χ0n) is 14.1. The Morgan fingerprint density at radius 3 is 2.50 bits per heavy atom. The van der Waals surface area contributed by atoms with E-state index in [1.165, 1.54) is 16.6 Å². The van der Waals surface area contributed by atoms with Gasteiger partial charge in [0, 0.05) is 4.47 Å². The Bertz CT molecular complexity index is 1070. The molecule has 128 valence electrons. The first-order valence-electron chi connectivity index (χ1n) is 8.83. The number of nitrogens with zero attached hydrogens (tertiary/aromatic N) is 2. The fraction of sp³-hybridized carbons (Fsp3) is 0.136. The summed E-state index contributed by atoms with van der Waals surface area (Å²) in [7, 11) is 0. The summed E-state index contributed by atoms with van der Waals surface area (Å²) < 4.78 is 3.45. The van der Waals surface area contributed by atoms with Gasteiger partial charge in [-0.15, -0.1) is 0 Å². The molecule has 0 spiro atoms. The molecule has 4 aromatic rings. The normalized spacial score (nSPS) is 19.1. The van der Waals surface area contributed by atoms with Crippen molar-refractivity contribution < 1.29 is 0 Å². The number of rotatable bonds is 2. The van der Waals surface area contributed by atoms with Crippen molar-refractivity contribution in [2.75, 3.05) is 5.32 Å². The summed E-state index contributed by atoms with van der Waals surface area (Å²) in [4.78, 5) is 4.87. The average Bonchev–Trinajstić information content (AvgIpc) is 3.06. The van der Waals surface area contributed by atoms with Crippen molar-refractivity contribution in [2.45, 2.75) is 18.5 Å². The number of fused-ring (bicyclic) bond motifs is 3. The molecule has 5 rings (SSSR count). The Morgan fingerprint density at radius 2 is 1.65 bits per heavy atom. The van der Waals surface area contributed by atoms with Gasteiger partial charge in [0.05, 0.1) is 23.1 Å². The number of nitrogens with one attached hydrogen (secondary N) is 1. The van der Waals surface area contributed by atoms with E-state index in [0.717, 1.165) is 22.4 Å². The molecule has 1 aliphatic rings. The van der Waals surface area contributed by atoms with E-state index in [0.29, 0.717) is 0 Å². The maximum Gasteiger partial charge on any atom is 0.204 e. The maximum absolute atomic E-state index is 4.87. The molecule has 3 nitrogen and oxygen atoms in total. The van der Waals surface area contributed by atoms with Gasteiger partial charge in [0.2, 0.25) is 5.95 Å². The minimum absolute atomic E-state index is 0.237. The number of imidazole rings is 1. The highest BCUT2D eigenvalue weighted by Crippen LogP contribution is 2.41. The van der Waals surface area contributed by atoms with Crippen LogP contribution in [0, 0.1) is 0 Å². The van der Waals surface area contributed by atoms with E-state index in [1.807, 2.05) is 6.07 Å². The number of aromatic nitrogens is 2. The Balaban J connectivity index is 1.69. The van der Waals surface area contributed by atoms with E-state index < -0.39 is 0 Å². The van der Waals surface area contributed by atoms with Crippen LogP contribution < -0.4 is 5.32 Å². The lowest BCUT2D eigenvalue weighted by atomic mass is 9.93. The summed E-state index contributed by atoms with van der Waals surface area (Å²) in [6.45, 7) is 0. The van der Waals surface area contributed by atoms with Crippen LogP contribution in [0.4, 0.5) is 5.95 Å². The summed E-state index contributed by atoms with van der Waals surface area (Å²) >= 11 is 3.63. The Kier molecular flexibility index (Phi) is 3.79. The fourth-order valence-corrected chi connectivity index (χ4v) is 4.33. The monoisotopic (exact) mass is 403 g/mol. The lowest BCUT2D eigenvalue weighted by Crippen LogP contribution is -2.27. The van der Waals surface area contributed by atoms with Crippen molar-refractivity contribution in [3.63, 3.8) is 0 Å². The van der Waals surface area contributed by atoms with Gasteiger partial charge in [-0.3, -0.25) is 0 Å². The van der Waals surface area contributed by atoms with Crippen molar-refractivity contribution >= 4 is 32.9 Å². The van der Waals surface area contributed by atoms with Gasteiger partial charge in [0.15, 0.2) is 0 Å². The first kappa shape index (κ1) is 15.6.